The second-order valence-corrected chi connectivity index (χ2v) is 25.2. The van der Waals surface area contributed by atoms with E-state index in [1.807, 2.05) is 13.0 Å². The van der Waals surface area contributed by atoms with Gasteiger partial charge in [-0.1, -0.05) is 64.4 Å². The van der Waals surface area contributed by atoms with Gasteiger partial charge in [0.1, 0.15) is 0 Å². The van der Waals surface area contributed by atoms with Crippen LogP contribution >= 0.6 is 11.5 Å². The molecule has 1 unspecified atom stereocenters. The maximum absolute atomic E-state index is 12.8. The summed E-state index contributed by atoms with van der Waals surface area (Å²) < 4.78 is 10.3. The molecular formula is C49H77N3O3SSi. The molecular weight excluding hydrogens is 739 g/mol. The molecule has 57 heavy (non-hydrogen) atoms. The van der Waals surface area contributed by atoms with Crippen molar-refractivity contribution in [2.24, 2.45) is 56.7 Å². The highest BCUT2D eigenvalue weighted by Gasteiger charge is 2.70. The average molecular weight is 816 g/mol. The molecule has 7 aliphatic rings. The van der Waals surface area contributed by atoms with Crippen molar-refractivity contribution in [2.45, 2.75) is 156 Å². The van der Waals surface area contributed by atoms with E-state index in [-0.39, 0.29) is 20.3 Å². The third-order valence-electron chi connectivity index (χ3n) is 19.0. The maximum atomic E-state index is 12.8. The lowest BCUT2D eigenvalue weighted by Gasteiger charge is -2.72. The zero-order valence-corrected chi connectivity index (χ0v) is 39.2. The molecule has 8 heteroatoms. The first-order valence-corrected chi connectivity index (χ1v) is 26.2. The van der Waals surface area contributed by atoms with Gasteiger partial charge in [0.2, 0.25) is 5.88 Å². The van der Waals surface area contributed by atoms with Crippen molar-refractivity contribution >= 4 is 27.0 Å². The van der Waals surface area contributed by atoms with E-state index >= 15 is 0 Å². The molecule has 10 atom stereocenters. The van der Waals surface area contributed by atoms with E-state index in [0.717, 1.165) is 41.4 Å². The summed E-state index contributed by atoms with van der Waals surface area (Å²) in [7, 11) is 0.228. The predicted octanol–water partition coefficient (Wildman–Crippen LogP) is 10.6. The molecule has 1 aromatic rings. The second kappa shape index (κ2) is 15.6. The van der Waals surface area contributed by atoms with Crippen molar-refractivity contribution in [1.82, 2.24) is 14.6 Å². The monoisotopic (exact) mass is 816 g/mol. The number of hydrogen-bond acceptors (Lipinski definition) is 6. The van der Waals surface area contributed by atoms with Crippen LogP contribution in [0.1, 0.15) is 136 Å². The zero-order chi connectivity index (χ0) is 40.4. The number of aliphatic carboxylic acids is 1. The fourth-order valence-corrected chi connectivity index (χ4v) is 18.1. The van der Waals surface area contributed by atoms with Crippen LogP contribution in [0.5, 0.6) is 5.88 Å². The van der Waals surface area contributed by atoms with Gasteiger partial charge in [0.15, 0.2) is 0 Å². The molecule has 4 saturated carbocycles. The van der Waals surface area contributed by atoms with Crippen LogP contribution in [0.25, 0.3) is 0 Å². The van der Waals surface area contributed by atoms with Crippen molar-refractivity contribution < 1.29 is 14.6 Å². The maximum Gasteiger partial charge on any atom is 0.310 e. The number of aryl methyl sites for hydroxylation is 1. The van der Waals surface area contributed by atoms with E-state index in [2.05, 4.69) is 74.9 Å². The minimum Gasteiger partial charge on any atom is -0.481 e. The topological polar surface area (TPSA) is 74.7 Å². The zero-order valence-electron chi connectivity index (χ0n) is 36.9. The summed E-state index contributed by atoms with van der Waals surface area (Å²) in [6, 6.07) is 4.97. The van der Waals surface area contributed by atoms with Gasteiger partial charge < -0.3 is 20.1 Å². The minimum absolute atomic E-state index is 0.0624. The van der Waals surface area contributed by atoms with Crippen LogP contribution in [0.3, 0.4) is 0 Å². The molecule has 6 aliphatic carbocycles. The van der Waals surface area contributed by atoms with Gasteiger partial charge in [0.25, 0.3) is 0 Å². The van der Waals surface area contributed by atoms with Crippen LogP contribution in [-0.4, -0.2) is 68.2 Å². The quantitative estimate of drug-likeness (QED) is 0.162. The largest absolute Gasteiger partial charge is 0.481 e. The fourth-order valence-electron chi connectivity index (χ4n) is 16.0. The molecule has 0 radical (unpaired) electrons. The van der Waals surface area contributed by atoms with Gasteiger partial charge in [-0.05, 0) is 191 Å². The molecule has 0 aromatic carbocycles. The number of rotatable bonds is 12. The molecule has 6 nitrogen and oxygen atoms in total. The highest BCUT2D eigenvalue weighted by atomic mass is 32.1. The first-order chi connectivity index (χ1) is 27.1. The van der Waals surface area contributed by atoms with Gasteiger partial charge in [-0.3, -0.25) is 4.79 Å². The van der Waals surface area contributed by atoms with Crippen LogP contribution in [-0.2, 0) is 4.79 Å². The number of allylic oxidation sites excluding steroid dienone is 5. The molecule has 8 rings (SSSR count). The SMILES string of the molecule is C=C(C)C[C@@H]1CC[C@]2(NCCN3CC[SiH2]CC3)CC[C@]3(C)[C@H](CC[C@@H]4[C@@]5(C)CC=C(C6=CCC(CCOc7cc(C)sn7)(C(=O)O)CC6)C(C)(C)[C@@H]5CC[C@]43C)[C@@H]12. The Kier molecular flexibility index (Phi) is 11.5. The highest BCUT2D eigenvalue weighted by Crippen LogP contribution is 2.76. The average Bonchev–Trinajstić information content (AvgIpc) is 3.75. The van der Waals surface area contributed by atoms with E-state index in [4.69, 9.17) is 4.74 Å². The van der Waals surface area contributed by atoms with Gasteiger partial charge in [-0.2, -0.15) is 4.37 Å². The van der Waals surface area contributed by atoms with E-state index < -0.39 is 11.4 Å². The molecule has 0 bridgehead atoms. The van der Waals surface area contributed by atoms with E-state index in [0.29, 0.717) is 54.0 Å². The number of carboxylic acid groups (broad SMARTS) is 1. The molecule has 316 valence electrons. The number of carboxylic acids is 1. The van der Waals surface area contributed by atoms with Crippen LogP contribution in [0.15, 0.2) is 41.5 Å². The van der Waals surface area contributed by atoms with Crippen LogP contribution < -0.4 is 10.1 Å². The number of nitrogens with one attached hydrogen (secondary N) is 1. The third kappa shape index (κ3) is 7.12. The summed E-state index contributed by atoms with van der Waals surface area (Å²) in [4.78, 5) is 16.6. The highest BCUT2D eigenvalue weighted by molar-refractivity contribution is 7.05. The van der Waals surface area contributed by atoms with Crippen LogP contribution in [0.2, 0.25) is 12.1 Å². The molecule has 2 N–H and O–H groups in total. The summed E-state index contributed by atoms with van der Waals surface area (Å²) >= 11 is 1.43. The van der Waals surface area contributed by atoms with Crippen molar-refractivity contribution in [3.63, 3.8) is 0 Å². The lowest BCUT2D eigenvalue weighted by atomic mass is 9.33. The summed E-state index contributed by atoms with van der Waals surface area (Å²) in [5, 5.41) is 14.9. The Morgan fingerprint density at radius 1 is 1.00 bits per heavy atom. The second-order valence-electron chi connectivity index (χ2n) is 22.1. The van der Waals surface area contributed by atoms with E-state index in [1.165, 1.54) is 124 Å². The smallest absolute Gasteiger partial charge is 0.310 e. The third-order valence-corrected chi connectivity index (χ3v) is 21.3. The molecule has 1 aliphatic heterocycles. The number of ether oxygens (including phenoxy) is 1. The first-order valence-electron chi connectivity index (χ1n) is 23.4. The van der Waals surface area contributed by atoms with Crippen molar-refractivity contribution in [3.05, 3.63) is 46.4 Å². The molecule has 1 saturated heterocycles. The Morgan fingerprint density at radius 3 is 2.47 bits per heavy atom. The van der Waals surface area contributed by atoms with E-state index in [1.54, 1.807) is 0 Å². The summed E-state index contributed by atoms with van der Waals surface area (Å²) in [5.41, 5.74) is 4.90. The van der Waals surface area contributed by atoms with Crippen LogP contribution in [0.4, 0.5) is 0 Å². The van der Waals surface area contributed by atoms with Gasteiger partial charge in [0.05, 0.1) is 12.0 Å². The minimum atomic E-state index is -0.770. The Balaban J connectivity index is 1.01. The van der Waals surface area contributed by atoms with Crippen LogP contribution in [0, 0.1) is 63.6 Å². The molecule has 1 aromatic heterocycles. The Morgan fingerprint density at radius 2 is 1.79 bits per heavy atom. The number of carbonyl (C=O) groups is 1. The molecule has 0 amide bonds. The van der Waals surface area contributed by atoms with Gasteiger partial charge in [-0.15, -0.1) is 6.58 Å². The van der Waals surface area contributed by atoms with Gasteiger partial charge >= 0.3 is 5.97 Å². The number of aromatic nitrogens is 1. The van der Waals surface area contributed by atoms with E-state index in [9.17, 15) is 9.90 Å². The van der Waals surface area contributed by atoms with Gasteiger partial charge in [-0.25, -0.2) is 0 Å². The summed E-state index contributed by atoms with van der Waals surface area (Å²) in [5.74, 6) is 3.61. The van der Waals surface area contributed by atoms with Crippen molar-refractivity contribution in [3.8, 4) is 5.88 Å². The molecule has 2 heterocycles. The Hall–Kier alpha value is -1.74. The van der Waals surface area contributed by atoms with Crippen molar-refractivity contribution in [2.75, 3.05) is 32.8 Å². The fraction of sp³-hybridized carbons (Fsp3) is 0.796. The van der Waals surface area contributed by atoms with Gasteiger partial charge in [0, 0.05) is 39.1 Å². The standard InChI is InChI=1S/C49H77N3O3SSi/c1-33(2)31-36-13-20-49(50-24-25-52-26-29-57-30-27-52)22-21-46(7)38(42(36)49)9-10-40-45(6)16-14-37(44(4,5)39(45)15-17-47(40,46)8)35-11-18-48(19-12-35,43(53)54)23-28-55-41-32-34(3)56-51-41/h11,14,32,36,38-40,42,50H,1,9-10,12-13,15-31,57H2,2-8H3,(H,53,54)/t36-,38+,39-,40+,42+,45-,46+,47+,48?,49-/m0/s1. The lowest BCUT2D eigenvalue weighted by Crippen LogP contribution is -2.68. The van der Waals surface area contributed by atoms with Crippen molar-refractivity contribution in [1.29, 1.82) is 0 Å². The summed E-state index contributed by atoms with van der Waals surface area (Å²) in [6.07, 6.45) is 20.8. The molecule has 0 spiro atoms. The molecule has 5 fully saturated rings. The lowest BCUT2D eigenvalue weighted by molar-refractivity contribution is -0.222. The normalized spacial score (nSPS) is 41.5. The Labute approximate surface area is 352 Å². The Bertz CT molecular complexity index is 1750. The number of fused-ring (bicyclic) bond motifs is 7. The summed E-state index contributed by atoms with van der Waals surface area (Å²) in [6.45, 7) is 27.7. The number of hydrogen-bond donors (Lipinski definition) is 2. The predicted molar refractivity (Wildman–Crippen MR) is 239 cm³/mol. The number of nitrogens with zero attached hydrogens (tertiary/aromatic N) is 2. The first kappa shape index (κ1) is 42.0.